The second-order valence-electron chi connectivity index (χ2n) is 6.62. The molecule has 0 fully saturated rings. The van der Waals surface area contributed by atoms with Crippen molar-refractivity contribution in [3.8, 4) is 0 Å². The van der Waals surface area contributed by atoms with Crippen LogP contribution in [0.5, 0.6) is 0 Å². The van der Waals surface area contributed by atoms with Gasteiger partial charge in [-0.15, -0.1) is 0 Å². The zero-order valence-corrected chi connectivity index (χ0v) is 20.2. The van der Waals surface area contributed by atoms with E-state index in [-0.39, 0.29) is 17.4 Å². The summed E-state index contributed by atoms with van der Waals surface area (Å²) in [4.78, 5) is 12.4. The van der Waals surface area contributed by atoms with E-state index in [1.807, 2.05) is 6.92 Å². The number of nitrogens with one attached hydrogen (secondary N) is 3. The highest BCUT2D eigenvalue weighted by Gasteiger charge is 2.16. The lowest BCUT2D eigenvalue weighted by molar-refractivity contribution is 0.102. The summed E-state index contributed by atoms with van der Waals surface area (Å²) in [5.74, 6) is -1.46. The fraction of sp³-hybridized carbons (Fsp3) is 0.0909. The van der Waals surface area contributed by atoms with Crippen molar-refractivity contribution in [1.29, 1.82) is 0 Å². The minimum atomic E-state index is -0.600. The fourth-order valence-corrected chi connectivity index (χ4v) is 4.47. The monoisotopic (exact) mass is 567 g/mol. The molecule has 0 bridgehead atoms. The van der Waals surface area contributed by atoms with E-state index < -0.39 is 11.7 Å². The van der Waals surface area contributed by atoms with E-state index in [4.69, 9.17) is 12.2 Å². The Morgan fingerprint density at radius 2 is 1.58 bits per heavy atom. The number of carbonyl (C=O) groups excluding carboxylic acids is 1. The molecule has 160 valence electrons. The van der Waals surface area contributed by atoms with E-state index in [2.05, 4.69) is 47.8 Å². The first-order chi connectivity index (χ1) is 14.7. The van der Waals surface area contributed by atoms with E-state index in [9.17, 15) is 13.6 Å². The molecule has 9 heteroatoms. The normalized spacial score (nSPS) is 11.5. The van der Waals surface area contributed by atoms with Crippen LogP contribution in [0.2, 0.25) is 0 Å². The van der Waals surface area contributed by atoms with Crippen LogP contribution in [0, 0.1) is 11.6 Å². The molecule has 3 N–H and O–H groups in total. The smallest absolute Gasteiger partial charge is 0.258 e. The number of halogens is 4. The van der Waals surface area contributed by atoms with Crippen molar-refractivity contribution in [1.82, 2.24) is 5.32 Å². The Morgan fingerprint density at radius 1 is 0.968 bits per heavy atom. The zero-order chi connectivity index (χ0) is 22.5. The third-order valence-electron chi connectivity index (χ3n) is 4.37. The van der Waals surface area contributed by atoms with Gasteiger partial charge in [0, 0.05) is 14.6 Å². The number of thiocarbonyl (C=S) groups is 1. The lowest BCUT2D eigenvalue weighted by Crippen LogP contribution is -2.30. The summed E-state index contributed by atoms with van der Waals surface area (Å²) < 4.78 is 28.1. The van der Waals surface area contributed by atoms with Crippen molar-refractivity contribution in [2.45, 2.75) is 13.0 Å². The summed E-state index contributed by atoms with van der Waals surface area (Å²) in [5, 5.41) is 9.27. The predicted octanol–water partition coefficient (Wildman–Crippen LogP) is 6.79. The van der Waals surface area contributed by atoms with Crippen LogP contribution in [-0.4, -0.2) is 11.0 Å². The highest BCUT2D eigenvalue weighted by Crippen LogP contribution is 2.35. The van der Waals surface area contributed by atoms with Crippen LogP contribution >= 0.6 is 44.1 Å². The van der Waals surface area contributed by atoms with Gasteiger partial charge in [0.05, 0.1) is 17.3 Å². The van der Waals surface area contributed by atoms with E-state index in [0.29, 0.717) is 25.4 Å². The lowest BCUT2D eigenvalue weighted by atomic mass is 10.1. The molecule has 0 heterocycles. The van der Waals surface area contributed by atoms with Crippen molar-refractivity contribution in [3.05, 3.63) is 92.4 Å². The summed E-state index contributed by atoms with van der Waals surface area (Å²) in [6.45, 7) is 1.91. The van der Waals surface area contributed by atoms with Crippen molar-refractivity contribution in [2.75, 3.05) is 10.6 Å². The van der Waals surface area contributed by atoms with Gasteiger partial charge in [-0.3, -0.25) is 4.79 Å². The lowest BCUT2D eigenvalue weighted by Gasteiger charge is -2.18. The Morgan fingerprint density at radius 3 is 2.19 bits per heavy atom. The zero-order valence-electron chi connectivity index (χ0n) is 16.2. The molecule has 0 saturated carbocycles. The number of hydrogen-bond donors (Lipinski definition) is 3. The molecule has 31 heavy (non-hydrogen) atoms. The van der Waals surface area contributed by atoms with Crippen LogP contribution in [-0.2, 0) is 0 Å². The second-order valence-corrected chi connectivity index (χ2v) is 8.74. The van der Waals surface area contributed by atoms with Gasteiger partial charge in [-0.1, -0.05) is 24.3 Å². The molecule has 0 aromatic heterocycles. The van der Waals surface area contributed by atoms with Crippen molar-refractivity contribution < 1.29 is 13.6 Å². The first-order valence-corrected chi connectivity index (χ1v) is 11.1. The highest BCUT2D eigenvalue weighted by molar-refractivity contribution is 9.11. The van der Waals surface area contributed by atoms with Gasteiger partial charge in [0.15, 0.2) is 5.11 Å². The molecule has 1 atom stereocenters. The minimum absolute atomic E-state index is 0.0522. The van der Waals surface area contributed by atoms with Gasteiger partial charge in [0.2, 0.25) is 0 Å². The maximum atomic E-state index is 13.9. The van der Waals surface area contributed by atoms with Crippen molar-refractivity contribution >= 4 is 66.5 Å². The predicted molar refractivity (Wildman–Crippen MR) is 130 cm³/mol. The van der Waals surface area contributed by atoms with Crippen LogP contribution in [0.25, 0.3) is 0 Å². The SMILES string of the molecule is CC(NC(=S)Nc1cc(Br)c(NC(=O)c2ccccc2F)c(Br)c1)c1ccc(F)cc1. The Kier molecular flexibility index (Phi) is 7.74. The first kappa shape index (κ1) is 23.3. The third-order valence-corrected chi connectivity index (χ3v) is 5.85. The van der Waals surface area contributed by atoms with Gasteiger partial charge in [-0.25, -0.2) is 8.78 Å². The van der Waals surface area contributed by atoms with Gasteiger partial charge in [-0.2, -0.15) is 0 Å². The van der Waals surface area contributed by atoms with Crippen LogP contribution < -0.4 is 16.0 Å². The molecule has 0 aliphatic carbocycles. The molecular formula is C22H17Br2F2N3OS. The molecule has 3 aromatic rings. The van der Waals surface area contributed by atoms with Crippen molar-refractivity contribution in [3.63, 3.8) is 0 Å². The first-order valence-electron chi connectivity index (χ1n) is 9.12. The summed E-state index contributed by atoms with van der Waals surface area (Å²) >= 11 is 12.2. The average Bonchev–Trinajstić information content (AvgIpc) is 2.71. The van der Waals surface area contributed by atoms with Crippen LogP contribution in [0.3, 0.4) is 0 Å². The number of carbonyl (C=O) groups is 1. The quantitative estimate of drug-likeness (QED) is 0.297. The van der Waals surface area contributed by atoms with Crippen LogP contribution in [0.15, 0.2) is 69.6 Å². The Bertz CT molecular complexity index is 1100. The Hall–Kier alpha value is -2.36. The number of benzene rings is 3. The van der Waals surface area contributed by atoms with Gasteiger partial charge in [0.1, 0.15) is 11.6 Å². The molecule has 0 aliphatic rings. The van der Waals surface area contributed by atoms with Crippen molar-refractivity contribution in [2.24, 2.45) is 0 Å². The van der Waals surface area contributed by atoms with E-state index in [1.54, 1.807) is 30.3 Å². The van der Waals surface area contributed by atoms with E-state index in [0.717, 1.165) is 5.56 Å². The number of hydrogen-bond acceptors (Lipinski definition) is 2. The molecule has 1 unspecified atom stereocenters. The highest BCUT2D eigenvalue weighted by atomic mass is 79.9. The Labute approximate surface area is 200 Å². The molecule has 0 spiro atoms. The van der Waals surface area contributed by atoms with E-state index >= 15 is 0 Å². The molecule has 0 aliphatic heterocycles. The third kappa shape index (κ3) is 6.09. The molecular weight excluding hydrogens is 552 g/mol. The maximum Gasteiger partial charge on any atom is 0.258 e. The van der Waals surface area contributed by atoms with Gasteiger partial charge in [0.25, 0.3) is 5.91 Å². The summed E-state index contributed by atoms with van der Waals surface area (Å²) in [7, 11) is 0. The maximum absolute atomic E-state index is 13.9. The Balaban J connectivity index is 1.68. The average molecular weight is 569 g/mol. The van der Waals surface area contributed by atoms with Gasteiger partial charge < -0.3 is 16.0 Å². The summed E-state index contributed by atoms with van der Waals surface area (Å²) in [6, 6.07) is 15.3. The standard InChI is InChI=1S/C22H17Br2F2N3OS/c1-12(13-6-8-14(25)9-7-13)27-22(31)28-15-10-17(23)20(18(24)11-15)29-21(30)16-4-2-3-5-19(16)26/h2-12H,1H3,(H,29,30)(H2,27,28,31). The molecule has 0 radical (unpaired) electrons. The molecule has 3 rings (SSSR count). The molecule has 3 aromatic carbocycles. The number of rotatable bonds is 5. The van der Waals surface area contributed by atoms with Gasteiger partial charge >= 0.3 is 0 Å². The topological polar surface area (TPSA) is 53.2 Å². The molecule has 4 nitrogen and oxygen atoms in total. The summed E-state index contributed by atoms with van der Waals surface area (Å²) in [5.41, 5.74) is 1.95. The van der Waals surface area contributed by atoms with Gasteiger partial charge in [-0.05, 0) is 93.0 Å². The number of amides is 1. The minimum Gasteiger partial charge on any atom is -0.356 e. The fourth-order valence-electron chi connectivity index (χ4n) is 2.79. The summed E-state index contributed by atoms with van der Waals surface area (Å²) in [6.07, 6.45) is 0. The van der Waals surface area contributed by atoms with E-state index in [1.165, 1.54) is 30.3 Å². The van der Waals surface area contributed by atoms with Crippen LogP contribution in [0.4, 0.5) is 20.2 Å². The van der Waals surface area contributed by atoms with Crippen LogP contribution in [0.1, 0.15) is 28.9 Å². The molecule has 0 saturated heterocycles. The molecule has 1 amide bonds. The largest absolute Gasteiger partial charge is 0.356 e. The second kappa shape index (κ2) is 10.3. The number of anilines is 2.